The average Bonchev–Trinajstić information content (AvgIpc) is 2.19. The van der Waals surface area contributed by atoms with Crippen molar-refractivity contribution in [2.24, 2.45) is 0 Å². The number of hydrogen-bond acceptors (Lipinski definition) is 4. The topological polar surface area (TPSA) is 63.8 Å². The standard InChI is InChI=1S/C10H10N4/c11-9-6-12-7-10(14-9)13-8-4-2-1-3-5-8/h1-7H,(H3,11,13,14). The number of aromatic nitrogens is 2. The molecule has 0 aliphatic carbocycles. The number of nitrogens with one attached hydrogen (secondary N) is 1. The molecule has 0 aliphatic rings. The molecule has 0 spiro atoms. The van der Waals surface area contributed by atoms with Crippen LogP contribution < -0.4 is 11.1 Å². The fourth-order valence-corrected chi connectivity index (χ4v) is 1.11. The fourth-order valence-electron chi connectivity index (χ4n) is 1.11. The first-order valence-electron chi connectivity index (χ1n) is 4.24. The molecule has 0 saturated carbocycles. The molecule has 0 radical (unpaired) electrons. The monoisotopic (exact) mass is 186 g/mol. The molecule has 1 aromatic carbocycles. The highest BCUT2D eigenvalue weighted by atomic mass is 15.0. The predicted octanol–water partition coefficient (Wildman–Crippen LogP) is 1.80. The summed E-state index contributed by atoms with van der Waals surface area (Å²) in [7, 11) is 0. The molecule has 2 aromatic rings. The lowest BCUT2D eigenvalue weighted by atomic mass is 10.3. The Kier molecular flexibility index (Phi) is 2.27. The van der Waals surface area contributed by atoms with E-state index in [-0.39, 0.29) is 0 Å². The molecule has 0 bridgehead atoms. The largest absolute Gasteiger partial charge is 0.382 e. The summed E-state index contributed by atoms with van der Waals surface area (Å²) in [4.78, 5) is 8.00. The second kappa shape index (κ2) is 3.74. The van der Waals surface area contributed by atoms with Crippen molar-refractivity contribution < 1.29 is 0 Å². The van der Waals surface area contributed by atoms with Crippen LogP contribution in [0.5, 0.6) is 0 Å². The molecule has 0 aliphatic heterocycles. The van der Waals surface area contributed by atoms with Crippen LogP contribution in [0.4, 0.5) is 17.3 Å². The summed E-state index contributed by atoms with van der Waals surface area (Å²) in [6.45, 7) is 0. The van der Waals surface area contributed by atoms with Crippen LogP contribution >= 0.6 is 0 Å². The number of para-hydroxylation sites is 1. The summed E-state index contributed by atoms with van der Waals surface area (Å²) in [5.41, 5.74) is 6.46. The summed E-state index contributed by atoms with van der Waals surface area (Å²) in [5.74, 6) is 1.06. The van der Waals surface area contributed by atoms with Gasteiger partial charge < -0.3 is 11.1 Å². The van der Waals surface area contributed by atoms with Gasteiger partial charge in [0.25, 0.3) is 0 Å². The molecule has 1 aromatic heterocycles. The van der Waals surface area contributed by atoms with E-state index in [4.69, 9.17) is 5.73 Å². The molecule has 4 heteroatoms. The minimum atomic E-state index is 0.408. The van der Waals surface area contributed by atoms with Gasteiger partial charge in [-0.1, -0.05) is 18.2 Å². The minimum Gasteiger partial charge on any atom is -0.382 e. The van der Waals surface area contributed by atoms with Crippen molar-refractivity contribution >= 4 is 17.3 Å². The zero-order valence-corrected chi connectivity index (χ0v) is 7.51. The third-order valence-electron chi connectivity index (χ3n) is 1.70. The Balaban J connectivity index is 2.19. The van der Waals surface area contributed by atoms with Gasteiger partial charge in [0.15, 0.2) is 5.82 Å². The highest BCUT2D eigenvalue weighted by molar-refractivity contribution is 5.55. The van der Waals surface area contributed by atoms with E-state index >= 15 is 0 Å². The first-order valence-corrected chi connectivity index (χ1v) is 4.24. The highest BCUT2D eigenvalue weighted by Crippen LogP contribution is 2.12. The normalized spacial score (nSPS) is 9.71. The van der Waals surface area contributed by atoms with Crippen LogP contribution in [0.25, 0.3) is 0 Å². The average molecular weight is 186 g/mol. The second-order valence-electron chi connectivity index (χ2n) is 2.82. The molecule has 0 atom stereocenters. The van der Waals surface area contributed by atoms with Gasteiger partial charge >= 0.3 is 0 Å². The fraction of sp³-hybridized carbons (Fsp3) is 0. The zero-order chi connectivity index (χ0) is 9.80. The molecule has 1 heterocycles. The van der Waals surface area contributed by atoms with E-state index in [1.165, 1.54) is 6.20 Å². The highest BCUT2D eigenvalue weighted by Gasteiger charge is 1.95. The molecule has 0 saturated heterocycles. The minimum absolute atomic E-state index is 0.408. The molecule has 0 unspecified atom stereocenters. The smallest absolute Gasteiger partial charge is 0.151 e. The number of anilines is 3. The van der Waals surface area contributed by atoms with E-state index in [1.54, 1.807) is 6.20 Å². The lowest BCUT2D eigenvalue weighted by molar-refractivity contribution is 1.21. The van der Waals surface area contributed by atoms with Gasteiger partial charge in [-0.15, -0.1) is 0 Å². The van der Waals surface area contributed by atoms with Crippen LogP contribution in [0.3, 0.4) is 0 Å². The quantitative estimate of drug-likeness (QED) is 0.750. The van der Waals surface area contributed by atoms with E-state index in [1.807, 2.05) is 30.3 Å². The molecule has 2 rings (SSSR count). The number of rotatable bonds is 2. The van der Waals surface area contributed by atoms with E-state index < -0.39 is 0 Å². The third kappa shape index (κ3) is 1.98. The van der Waals surface area contributed by atoms with Crippen LogP contribution in [0, 0.1) is 0 Å². The van der Waals surface area contributed by atoms with Gasteiger partial charge in [0.1, 0.15) is 5.82 Å². The molecule has 3 N–H and O–H groups in total. The van der Waals surface area contributed by atoms with Crippen molar-refractivity contribution in [3.05, 3.63) is 42.7 Å². The number of benzene rings is 1. The van der Waals surface area contributed by atoms with E-state index in [2.05, 4.69) is 15.3 Å². The molecular formula is C10H10N4. The van der Waals surface area contributed by atoms with Crippen molar-refractivity contribution in [3.63, 3.8) is 0 Å². The Morgan fingerprint density at radius 2 is 1.86 bits per heavy atom. The van der Waals surface area contributed by atoms with Crippen LogP contribution in [0.2, 0.25) is 0 Å². The maximum Gasteiger partial charge on any atom is 0.151 e. The SMILES string of the molecule is Nc1cncc(Nc2ccccc2)n1. The van der Waals surface area contributed by atoms with Crippen molar-refractivity contribution in [2.75, 3.05) is 11.1 Å². The van der Waals surface area contributed by atoms with E-state index in [9.17, 15) is 0 Å². The summed E-state index contributed by atoms with van der Waals surface area (Å²) in [5, 5.41) is 3.09. The predicted molar refractivity (Wildman–Crippen MR) is 56.2 cm³/mol. The number of nitrogens with zero attached hydrogens (tertiary/aromatic N) is 2. The number of nitrogens with two attached hydrogens (primary N) is 1. The van der Waals surface area contributed by atoms with Gasteiger partial charge in [0.2, 0.25) is 0 Å². The van der Waals surface area contributed by atoms with Crippen molar-refractivity contribution in [3.8, 4) is 0 Å². The zero-order valence-electron chi connectivity index (χ0n) is 7.51. The van der Waals surface area contributed by atoms with Gasteiger partial charge in [0, 0.05) is 5.69 Å². The molecule has 0 amide bonds. The van der Waals surface area contributed by atoms with Crippen LogP contribution in [0.1, 0.15) is 0 Å². The summed E-state index contributed by atoms with van der Waals surface area (Å²) < 4.78 is 0. The molecular weight excluding hydrogens is 176 g/mol. The van der Waals surface area contributed by atoms with E-state index in [0.717, 1.165) is 5.69 Å². The Hall–Kier alpha value is -2.10. The molecule has 14 heavy (non-hydrogen) atoms. The van der Waals surface area contributed by atoms with Crippen molar-refractivity contribution in [1.82, 2.24) is 9.97 Å². The summed E-state index contributed by atoms with van der Waals surface area (Å²) in [6.07, 6.45) is 3.14. The Morgan fingerprint density at radius 1 is 1.07 bits per heavy atom. The number of nitrogen functional groups attached to an aromatic ring is 1. The second-order valence-corrected chi connectivity index (χ2v) is 2.82. The Bertz CT molecular complexity index is 413. The lowest BCUT2D eigenvalue weighted by Gasteiger charge is -2.04. The first-order chi connectivity index (χ1) is 6.84. The van der Waals surface area contributed by atoms with Gasteiger partial charge in [-0.3, -0.25) is 4.98 Å². The third-order valence-corrected chi connectivity index (χ3v) is 1.70. The van der Waals surface area contributed by atoms with Gasteiger partial charge in [0.05, 0.1) is 12.4 Å². The van der Waals surface area contributed by atoms with Crippen molar-refractivity contribution in [1.29, 1.82) is 0 Å². The van der Waals surface area contributed by atoms with Crippen LogP contribution in [-0.4, -0.2) is 9.97 Å². The van der Waals surface area contributed by atoms with E-state index in [0.29, 0.717) is 11.6 Å². The van der Waals surface area contributed by atoms with Crippen LogP contribution in [0.15, 0.2) is 42.7 Å². The number of hydrogen-bond donors (Lipinski definition) is 2. The van der Waals surface area contributed by atoms with Gasteiger partial charge in [-0.25, -0.2) is 4.98 Å². The van der Waals surface area contributed by atoms with Gasteiger partial charge in [-0.2, -0.15) is 0 Å². The van der Waals surface area contributed by atoms with Crippen LogP contribution in [-0.2, 0) is 0 Å². The van der Waals surface area contributed by atoms with Crippen molar-refractivity contribution in [2.45, 2.75) is 0 Å². The summed E-state index contributed by atoms with van der Waals surface area (Å²) >= 11 is 0. The summed E-state index contributed by atoms with van der Waals surface area (Å²) in [6, 6.07) is 9.75. The molecule has 4 nitrogen and oxygen atoms in total. The Morgan fingerprint density at radius 3 is 2.57 bits per heavy atom. The molecule has 0 fully saturated rings. The molecule has 70 valence electrons. The Labute approximate surface area is 81.8 Å². The maximum absolute atomic E-state index is 5.50. The first kappa shape index (κ1) is 8.50. The van der Waals surface area contributed by atoms with Gasteiger partial charge in [-0.05, 0) is 12.1 Å². The maximum atomic E-state index is 5.50. The lowest BCUT2D eigenvalue weighted by Crippen LogP contribution is -1.97.